The van der Waals surface area contributed by atoms with Crippen LogP contribution in [0, 0.1) is 0 Å². The van der Waals surface area contributed by atoms with Crippen molar-refractivity contribution >= 4 is 33.0 Å². The molecule has 27 heavy (non-hydrogen) atoms. The van der Waals surface area contributed by atoms with Crippen molar-refractivity contribution in [2.75, 3.05) is 26.2 Å². The Hall–Kier alpha value is -1.13. The van der Waals surface area contributed by atoms with E-state index in [1.807, 2.05) is 0 Å². The van der Waals surface area contributed by atoms with Crippen LogP contribution in [-0.2, 0) is 22.7 Å². The Morgan fingerprint density at radius 3 is 2.30 bits per heavy atom. The van der Waals surface area contributed by atoms with E-state index in [9.17, 15) is 21.6 Å². The zero-order chi connectivity index (χ0) is 19.7. The van der Waals surface area contributed by atoms with Crippen molar-refractivity contribution in [3.63, 3.8) is 0 Å². The molecule has 0 radical (unpaired) electrons. The van der Waals surface area contributed by atoms with Crippen molar-refractivity contribution in [3.05, 3.63) is 51.9 Å². The maximum absolute atomic E-state index is 12.7. The third-order valence-corrected chi connectivity index (χ3v) is 7.97. The first-order chi connectivity index (χ1) is 12.7. The van der Waals surface area contributed by atoms with Crippen LogP contribution in [0.25, 0.3) is 0 Å². The summed E-state index contributed by atoms with van der Waals surface area (Å²) in [5.41, 5.74) is 0.0957. The van der Waals surface area contributed by atoms with E-state index < -0.39 is 21.8 Å². The summed E-state index contributed by atoms with van der Waals surface area (Å²) in [6, 6.07) is 8.15. The second-order valence-corrected chi connectivity index (χ2v) is 10.2. The summed E-state index contributed by atoms with van der Waals surface area (Å²) in [5.74, 6) is 0. The molecule has 1 saturated heterocycles. The number of thiophene rings is 1. The van der Waals surface area contributed by atoms with Crippen LogP contribution < -0.4 is 0 Å². The van der Waals surface area contributed by atoms with Gasteiger partial charge in [-0.25, -0.2) is 8.42 Å². The summed E-state index contributed by atoms with van der Waals surface area (Å²) in [5, 5.41) is 0. The fraction of sp³-hybridized carbons (Fsp3) is 0.412. The Morgan fingerprint density at radius 1 is 1.00 bits per heavy atom. The standard InChI is InChI=1S/C17H18ClF3N2O2S2/c18-15-6-7-16(26-15)27(24,25)23-9-1-8-22(10-11-23)12-13-2-4-14(5-3-13)17(19,20)21/h2-7H,1,8-12H2. The monoisotopic (exact) mass is 438 g/mol. The molecule has 0 N–H and O–H groups in total. The van der Waals surface area contributed by atoms with E-state index in [2.05, 4.69) is 4.90 Å². The molecule has 1 aromatic carbocycles. The lowest BCUT2D eigenvalue weighted by molar-refractivity contribution is -0.137. The fourth-order valence-electron chi connectivity index (χ4n) is 2.97. The van der Waals surface area contributed by atoms with Crippen molar-refractivity contribution in [2.24, 2.45) is 0 Å². The van der Waals surface area contributed by atoms with E-state index in [1.54, 1.807) is 6.07 Å². The predicted molar refractivity (Wildman–Crippen MR) is 99.4 cm³/mol. The van der Waals surface area contributed by atoms with Gasteiger partial charge in [0.1, 0.15) is 4.21 Å². The van der Waals surface area contributed by atoms with Crippen LogP contribution >= 0.6 is 22.9 Å². The molecule has 1 aromatic heterocycles. The predicted octanol–water partition coefficient (Wildman–Crippen LogP) is 4.32. The highest BCUT2D eigenvalue weighted by molar-refractivity contribution is 7.91. The first-order valence-corrected chi connectivity index (χ1v) is 10.9. The van der Waals surface area contributed by atoms with Gasteiger partial charge < -0.3 is 0 Å². The molecule has 1 aliphatic rings. The average molecular weight is 439 g/mol. The Balaban J connectivity index is 1.63. The summed E-state index contributed by atoms with van der Waals surface area (Å²) in [7, 11) is -3.57. The maximum Gasteiger partial charge on any atom is 0.416 e. The number of hydrogen-bond acceptors (Lipinski definition) is 4. The molecule has 10 heteroatoms. The second kappa shape index (κ2) is 8.08. The van der Waals surface area contributed by atoms with Gasteiger partial charge in [0.25, 0.3) is 10.0 Å². The normalized spacial score (nSPS) is 17.8. The first kappa shape index (κ1) is 20.6. The Kier molecular flexibility index (Phi) is 6.17. The molecule has 4 nitrogen and oxygen atoms in total. The van der Waals surface area contributed by atoms with Gasteiger partial charge in [0.15, 0.2) is 0 Å². The van der Waals surface area contributed by atoms with Crippen molar-refractivity contribution < 1.29 is 21.6 Å². The van der Waals surface area contributed by atoms with Gasteiger partial charge in [0, 0.05) is 26.2 Å². The summed E-state index contributed by atoms with van der Waals surface area (Å²) in [6.07, 6.45) is -3.69. The molecule has 2 aromatic rings. The Bertz CT molecular complexity index is 882. The van der Waals surface area contributed by atoms with Crippen LogP contribution in [0.15, 0.2) is 40.6 Å². The average Bonchev–Trinajstić information content (AvgIpc) is 2.90. The van der Waals surface area contributed by atoms with E-state index in [1.165, 1.54) is 22.5 Å². The number of nitrogens with zero attached hydrogens (tertiary/aromatic N) is 2. The van der Waals surface area contributed by atoms with Gasteiger partial charge in [-0.05, 0) is 42.8 Å². The first-order valence-electron chi connectivity index (χ1n) is 8.30. The Labute approximate surface area is 165 Å². The van der Waals surface area contributed by atoms with E-state index in [0.29, 0.717) is 43.5 Å². The lowest BCUT2D eigenvalue weighted by atomic mass is 10.1. The quantitative estimate of drug-likeness (QED) is 0.714. The van der Waals surface area contributed by atoms with Gasteiger partial charge in [0.05, 0.1) is 9.90 Å². The number of halogens is 4. The van der Waals surface area contributed by atoms with Crippen molar-refractivity contribution in [1.29, 1.82) is 0 Å². The molecule has 3 rings (SSSR count). The third kappa shape index (κ3) is 5.03. The molecule has 0 spiro atoms. The lowest BCUT2D eigenvalue weighted by Crippen LogP contribution is -2.34. The minimum absolute atomic E-state index is 0.226. The summed E-state index contributed by atoms with van der Waals surface area (Å²) < 4.78 is 65.4. The highest BCUT2D eigenvalue weighted by Crippen LogP contribution is 2.30. The van der Waals surface area contributed by atoms with E-state index in [0.717, 1.165) is 29.0 Å². The van der Waals surface area contributed by atoms with Crippen LogP contribution in [0.2, 0.25) is 4.34 Å². The lowest BCUT2D eigenvalue weighted by Gasteiger charge is -2.21. The molecular weight excluding hydrogens is 421 g/mol. The van der Waals surface area contributed by atoms with E-state index in [-0.39, 0.29) is 4.21 Å². The zero-order valence-electron chi connectivity index (χ0n) is 14.2. The molecule has 0 unspecified atom stereocenters. The van der Waals surface area contributed by atoms with Gasteiger partial charge in [-0.2, -0.15) is 17.5 Å². The fourth-order valence-corrected chi connectivity index (χ4v) is 6.07. The second-order valence-electron chi connectivity index (χ2n) is 6.29. The Morgan fingerprint density at radius 2 is 1.70 bits per heavy atom. The van der Waals surface area contributed by atoms with Gasteiger partial charge in [-0.3, -0.25) is 4.90 Å². The molecule has 1 aliphatic heterocycles. The van der Waals surface area contributed by atoms with Crippen LogP contribution in [0.4, 0.5) is 13.2 Å². The van der Waals surface area contributed by atoms with Gasteiger partial charge >= 0.3 is 6.18 Å². The topological polar surface area (TPSA) is 40.6 Å². The van der Waals surface area contributed by atoms with Gasteiger partial charge in [-0.15, -0.1) is 11.3 Å². The molecule has 148 valence electrons. The summed E-state index contributed by atoms with van der Waals surface area (Å²) >= 11 is 6.88. The molecular formula is C17H18ClF3N2O2S2. The van der Waals surface area contributed by atoms with Crippen molar-refractivity contribution in [2.45, 2.75) is 23.4 Å². The summed E-state index contributed by atoms with van der Waals surface area (Å²) in [4.78, 5) is 2.06. The third-order valence-electron chi connectivity index (χ3n) is 4.38. The van der Waals surface area contributed by atoms with E-state index >= 15 is 0 Å². The molecule has 0 saturated carbocycles. The van der Waals surface area contributed by atoms with Crippen LogP contribution in [0.3, 0.4) is 0 Å². The number of sulfonamides is 1. The largest absolute Gasteiger partial charge is 0.416 e. The number of hydrogen-bond donors (Lipinski definition) is 0. The number of alkyl halides is 3. The van der Waals surface area contributed by atoms with Crippen molar-refractivity contribution in [3.8, 4) is 0 Å². The minimum atomic E-state index is -4.35. The number of rotatable bonds is 4. The molecule has 1 fully saturated rings. The number of benzene rings is 1. The van der Waals surface area contributed by atoms with Crippen LogP contribution in [0.5, 0.6) is 0 Å². The minimum Gasteiger partial charge on any atom is -0.298 e. The maximum atomic E-state index is 12.7. The SMILES string of the molecule is O=S(=O)(c1ccc(Cl)s1)N1CCCN(Cc2ccc(C(F)(F)F)cc2)CC1. The zero-order valence-corrected chi connectivity index (χ0v) is 16.6. The molecule has 0 atom stereocenters. The molecule has 2 heterocycles. The molecule has 0 aliphatic carbocycles. The van der Waals surface area contributed by atoms with Gasteiger partial charge in [0.2, 0.25) is 0 Å². The molecule has 0 bridgehead atoms. The van der Waals surface area contributed by atoms with Crippen LogP contribution in [0.1, 0.15) is 17.5 Å². The van der Waals surface area contributed by atoms with Gasteiger partial charge in [-0.1, -0.05) is 23.7 Å². The molecule has 0 amide bonds. The van der Waals surface area contributed by atoms with Crippen LogP contribution in [-0.4, -0.2) is 43.8 Å². The summed E-state index contributed by atoms with van der Waals surface area (Å²) in [6.45, 7) is 2.41. The van der Waals surface area contributed by atoms with Crippen molar-refractivity contribution in [1.82, 2.24) is 9.21 Å². The highest BCUT2D eigenvalue weighted by Gasteiger charge is 2.30. The highest BCUT2D eigenvalue weighted by atomic mass is 35.5. The smallest absolute Gasteiger partial charge is 0.298 e. The van der Waals surface area contributed by atoms with E-state index in [4.69, 9.17) is 11.6 Å².